The van der Waals surface area contributed by atoms with Crippen molar-refractivity contribution in [2.24, 2.45) is 0 Å². The number of fused-ring (bicyclic) bond motifs is 3. The quantitative estimate of drug-likeness (QED) is 0.792. The van der Waals surface area contributed by atoms with E-state index in [4.69, 9.17) is 4.98 Å². The van der Waals surface area contributed by atoms with E-state index in [0.29, 0.717) is 6.04 Å². The third-order valence-corrected chi connectivity index (χ3v) is 6.23. The van der Waals surface area contributed by atoms with E-state index in [-0.39, 0.29) is 0 Å². The lowest BCUT2D eigenvalue weighted by Crippen LogP contribution is -2.34. The Morgan fingerprint density at radius 2 is 2.33 bits per heavy atom. The summed E-state index contributed by atoms with van der Waals surface area (Å²) in [4.78, 5) is 14.3. The number of hydrogen-bond acceptors (Lipinski definition) is 6. The van der Waals surface area contributed by atoms with Crippen LogP contribution in [-0.2, 0) is 19.5 Å². The van der Waals surface area contributed by atoms with Crippen molar-refractivity contribution in [3.8, 4) is 0 Å². The Balaban J connectivity index is 1.56. The molecule has 5 rings (SSSR count). The molecule has 24 heavy (non-hydrogen) atoms. The summed E-state index contributed by atoms with van der Waals surface area (Å²) in [6, 6.07) is 2.45. The van der Waals surface area contributed by atoms with E-state index in [1.807, 2.05) is 34.5 Å². The highest BCUT2D eigenvalue weighted by Gasteiger charge is 2.30. The molecule has 3 aromatic rings. The summed E-state index contributed by atoms with van der Waals surface area (Å²) in [6.45, 7) is 4.00. The predicted molar refractivity (Wildman–Crippen MR) is 95.4 cm³/mol. The molecule has 0 aromatic carbocycles. The Bertz CT molecular complexity index is 855. The van der Waals surface area contributed by atoms with Crippen molar-refractivity contribution in [3.63, 3.8) is 0 Å². The van der Waals surface area contributed by atoms with Crippen LogP contribution in [0.1, 0.15) is 23.3 Å². The zero-order valence-corrected chi connectivity index (χ0v) is 14.3. The highest BCUT2D eigenvalue weighted by molar-refractivity contribution is 7.19. The molecular weight excluding hydrogens is 320 g/mol. The average Bonchev–Trinajstić information content (AvgIpc) is 3.34. The standard InChI is InChI=1S/C17H20N6S/c1-3-12(10-22-7-2-5-21-22)23(8-1)16-15-13-4-6-18-9-14(13)24-17(15)20-11-19-16/h2,5,7,11-12,18H,1,3-4,6,8-10H2/t12-/m1/s1. The minimum atomic E-state index is 0.459. The van der Waals surface area contributed by atoms with E-state index in [2.05, 4.69) is 20.3 Å². The predicted octanol–water partition coefficient (Wildman–Crippen LogP) is 2.20. The van der Waals surface area contributed by atoms with Gasteiger partial charge in [-0.05, 0) is 37.4 Å². The molecule has 2 aliphatic rings. The number of nitrogens with one attached hydrogen (secondary N) is 1. The van der Waals surface area contributed by atoms with Crippen molar-refractivity contribution in [2.75, 3.05) is 18.0 Å². The Hall–Kier alpha value is -1.99. The van der Waals surface area contributed by atoms with Crippen LogP contribution in [0.4, 0.5) is 5.82 Å². The molecule has 1 N–H and O–H groups in total. The van der Waals surface area contributed by atoms with E-state index >= 15 is 0 Å². The summed E-state index contributed by atoms with van der Waals surface area (Å²) in [7, 11) is 0. The van der Waals surface area contributed by atoms with Crippen molar-refractivity contribution in [2.45, 2.75) is 38.4 Å². The molecule has 0 amide bonds. The molecule has 3 aromatic heterocycles. The van der Waals surface area contributed by atoms with Gasteiger partial charge in [0.15, 0.2) is 0 Å². The van der Waals surface area contributed by atoms with Crippen LogP contribution < -0.4 is 10.2 Å². The topological polar surface area (TPSA) is 58.9 Å². The highest BCUT2D eigenvalue weighted by Crippen LogP contribution is 2.39. The SMILES string of the molecule is c1cnn(C[C@H]2CCCN2c2ncnc3sc4c(c23)CCNC4)c1. The van der Waals surface area contributed by atoms with Crippen molar-refractivity contribution < 1.29 is 0 Å². The van der Waals surface area contributed by atoms with Crippen molar-refractivity contribution in [1.29, 1.82) is 0 Å². The molecule has 1 atom stereocenters. The lowest BCUT2D eigenvalue weighted by molar-refractivity contribution is 0.508. The van der Waals surface area contributed by atoms with Crippen LogP contribution in [0.5, 0.6) is 0 Å². The summed E-state index contributed by atoms with van der Waals surface area (Å²) >= 11 is 1.82. The maximum absolute atomic E-state index is 4.72. The van der Waals surface area contributed by atoms with Gasteiger partial charge >= 0.3 is 0 Å². The molecule has 1 saturated heterocycles. The van der Waals surface area contributed by atoms with Gasteiger partial charge in [-0.3, -0.25) is 4.68 Å². The summed E-state index contributed by atoms with van der Waals surface area (Å²) < 4.78 is 2.04. The van der Waals surface area contributed by atoms with Crippen LogP contribution in [0.2, 0.25) is 0 Å². The van der Waals surface area contributed by atoms with Crippen LogP contribution in [0, 0.1) is 0 Å². The molecule has 5 heterocycles. The minimum Gasteiger partial charge on any atom is -0.351 e. The third kappa shape index (κ3) is 2.31. The molecular formula is C17H20N6S. The Labute approximate surface area is 144 Å². The first-order valence-electron chi connectivity index (χ1n) is 8.60. The van der Waals surface area contributed by atoms with Gasteiger partial charge in [-0.15, -0.1) is 11.3 Å². The van der Waals surface area contributed by atoms with E-state index in [0.717, 1.165) is 43.2 Å². The normalized spacial score (nSPS) is 20.7. The van der Waals surface area contributed by atoms with E-state index in [9.17, 15) is 0 Å². The smallest absolute Gasteiger partial charge is 0.141 e. The number of nitrogens with zero attached hydrogens (tertiary/aromatic N) is 5. The van der Waals surface area contributed by atoms with Gasteiger partial charge in [0.1, 0.15) is 17.0 Å². The van der Waals surface area contributed by atoms with Crippen LogP contribution in [0.15, 0.2) is 24.8 Å². The van der Waals surface area contributed by atoms with Crippen molar-refractivity contribution in [1.82, 2.24) is 25.1 Å². The monoisotopic (exact) mass is 340 g/mol. The molecule has 0 spiro atoms. The van der Waals surface area contributed by atoms with Gasteiger partial charge in [0.2, 0.25) is 0 Å². The van der Waals surface area contributed by atoms with Gasteiger partial charge in [-0.25, -0.2) is 9.97 Å². The second kappa shape index (κ2) is 5.82. The second-order valence-electron chi connectivity index (χ2n) is 6.53. The second-order valence-corrected chi connectivity index (χ2v) is 7.61. The number of hydrogen-bond donors (Lipinski definition) is 1. The zero-order valence-electron chi connectivity index (χ0n) is 13.5. The van der Waals surface area contributed by atoms with Crippen molar-refractivity contribution in [3.05, 3.63) is 35.2 Å². The largest absolute Gasteiger partial charge is 0.351 e. The molecule has 124 valence electrons. The van der Waals surface area contributed by atoms with Gasteiger partial charge in [0, 0.05) is 30.4 Å². The number of thiophene rings is 1. The number of aromatic nitrogens is 4. The maximum atomic E-state index is 4.72. The fraction of sp³-hybridized carbons (Fsp3) is 0.471. The Morgan fingerprint density at radius 1 is 1.33 bits per heavy atom. The summed E-state index contributed by atoms with van der Waals surface area (Å²) in [5, 5.41) is 9.15. The lowest BCUT2D eigenvalue weighted by Gasteiger charge is -2.27. The molecule has 2 aliphatic heterocycles. The van der Waals surface area contributed by atoms with Gasteiger partial charge in [0.25, 0.3) is 0 Å². The van der Waals surface area contributed by atoms with Crippen LogP contribution >= 0.6 is 11.3 Å². The molecule has 6 nitrogen and oxygen atoms in total. The summed E-state index contributed by atoms with van der Waals surface area (Å²) in [6.07, 6.45) is 9.11. The Kier molecular flexibility index (Phi) is 3.48. The summed E-state index contributed by atoms with van der Waals surface area (Å²) in [5.41, 5.74) is 1.47. The van der Waals surface area contributed by atoms with Crippen LogP contribution in [-0.4, -0.2) is 38.9 Å². The maximum Gasteiger partial charge on any atom is 0.141 e. The number of anilines is 1. The average molecular weight is 340 g/mol. The van der Waals surface area contributed by atoms with E-state index in [1.165, 1.54) is 28.7 Å². The minimum absolute atomic E-state index is 0.459. The fourth-order valence-corrected chi connectivity index (χ4v) is 5.14. The number of rotatable bonds is 3. The molecule has 0 saturated carbocycles. The molecule has 0 radical (unpaired) electrons. The molecule has 0 unspecified atom stereocenters. The van der Waals surface area contributed by atoms with Crippen LogP contribution in [0.3, 0.4) is 0 Å². The lowest BCUT2D eigenvalue weighted by atomic mass is 10.1. The molecule has 0 aliphatic carbocycles. The van der Waals surface area contributed by atoms with Gasteiger partial charge < -0.3 is 10.2 Å². The molecule has 1 fully saturated rings. The van der Waals surface area contributed by atoms with Gasteiger partial charge in [-0.1, -0.05) is 0 Å². The first-order chi connectivity index (χ1) is 11.9. The first kappa shape index (κ1) is 14.4. The van der Waals surface area contributed by atoms with E-state index in [1.54, 1.807) is 6.33 Å². The molecule has 0 bridgehead atoms. The van der Waals surface area contributed by atoms with E-state index < -0.39 is 0 Å². The highest BCUT2D eigenvalue weighted by atomic mass is 32.1. The fourth-order valence-electron chi connectivity index (χ4n) is 3.99. The van der Waals surface area contributed by atoms with Crippen molar-refractivity contribution >= 4 is 27.4 Å². The van der Waals surface area contributed by atoms with Gasteiger partial charge in [0.05, 0.1) is 18.0 Å². The zero-order chi connectivity index (χ0) is 15.9. The Morgan fingerprint density at radius 3 is 3.25 bits per heavy atom. The summed E-state index contributed by atoms with van der Waals surface area (Å²) in [5.74, 6) is 1.13. The van der Waals surface area contributed by atoms with Gasteiger partial charge in [-0.2, -0.15) is 5.10 Å². The first-order valence-corrected chi connectivity index (χ1v) is 9.42. The van der Waals surface area contributed by atoms with Crippen LogP contribution in [0.25, 0.3) is 10.2 Å². The molecule has 7 heteroatoms. The third-order valence-electron chi connectivity index (χ3n) is 5.09.